The first-order valence-electron chi connectivity index (χ1n) is 3.76. The minimum atomic E-state index is -0.387. The zero-order valence-electron chi connectivity index (χ0n) is 7.12. The largest absolute Gasteiger partial charge is 0.515 e. The average molecular weight is 180 g/mol. The third-order valence-electron chi connectivity index (χ3n) is 1.66. The molecule has 68 valence electrons. The van der Waals surface area contributed by atoms with E-state index in [1.54, 1.807) is 0 Å². The topological polar surface area (TPSA) is 37.3 Å². The maximum atomic E-state index is 12.5. The van der Waals surface area contributed by atoms with E-state index in [9.17, 15) is 9.18 Å². The summed E-state index contributed by atoms with van der Waals surface area (Å²) in [5.41, 5.74) is 0.593. The Morgan fingerprint density at radius 1 is 1.38 bits per heavy atom. The van der Waals surface area contributed by atoms with Gasteiger partial charge in [-0.1, -0.05) is 0 Å². The molecular weight excluding hydrogens is 171 g/mol. The normalized spacial score (nSPS) is 11.4. The summed E-state index contributed by atoms with van der Waals surface area (Å²) in [4.78, 5) is 11.3. The molecule has 2 nitrogen and oxygen atoms in total. The molecule has 0 aliphatic carbocycles. The number of hydrogen-bond acceptors (Lipinski definition) is 2. The number of hydrogen-bond donors (Lipinski definition) is 1. The minimum Gasteiger partial charge on any atom is -0.515 e. The molecular formula is C10H9FO2. The van der Waals surface area contributed by atoms with E-state index in [2.05, 4.69) is 0 Å². The van der Waals surface area contributed by atoms with Crippen LogP contribution >= 0.6 is 0 Å². The lowest BCUT2D eigenvalue weighted by Crippen LogP contribution is -2.00. The van der Waals surface area contributed by atoms with Gasteiger partial charge in [-0.15, -0.1) is 0 Å². The van der Waals surface area contributed by atoms with E-state index in [0.717, 1.165) is 6.26 Å². The van der Waals surface area contributed by atoms with E-state index >= 15 is 0 Å². The van der Waals surface area contributed by atoms with E-state index in [4.69, 9.17) is 5.11 Å². The molecule has 0 heterocycles. The van der Waals surface area contributed by atoms with Crippen molar-refractivity contribution in [1.82, 2.24) is 0 Å². The third-order valence-corrected chi connectivity index (χ3v) is 1.66. The van der Waals surface area contributed by atoms with Crippen molar-refractivity contribution in [1.29, 1.82) is 0 Å². The molecule has 13 heavy (non-hydrogen) atoms. The summed E-state index contributed by atoms with van der Waals surface area (Å²) in [5, 5.41) is 8.56. The number of halogens is 1. The molecule has 0 saturated carbocycles. The number of carbonyl (C=O) groups excluding carboxylic acids is 1. The lowest BCUT2D eigenvalue weighted by Gasteiger charge is -1.98. The van der Waals surface area contributed by atoms with Crippen molar-refractivity contribution in [2.24, 2.45) is 0 Å². The highest BCUT2D eigenvalue weighted by Crippen LogP contribution is 2.08. The van der Waals surface area contributed by atoms with Crippen LogP contribution in [0.1, 0.15) is 17.3 Å². The fourth-order valence-electron chi connectivity index (χ4n) is 0.888. The zero-order valence-corrected chi connectivity index (χ0v) is 7.12. The predicted octanol–water partition coefficient (Wildman–Crippen LogP) is 2.47. The van der Waals surface area contributed by atoms with Crippen LogP contribution in [0.3, 0.4) is 0 Å². The highest BCUT2D eigenvalue weighted by Gasteiger charge is 2.07. The molecule has 1 aromatic rings. The van der Waals surface area contributed by atoms with Crippen LogP contribution in [0.4, 0.5) is 4.39 Å². The fraction of sp³-hybridized carbons (Fsp3) is 0.100. The fourth-order valence-corrected chi connectivity index (χ4v) is 0.888. The van der Waals surface area contributed by atoms with Crippen molar-refractivity contribution >= 4 is 5.78 Å². The second-order valence-electron chi connectivity index (χ2n) is 2.65. The summed E-state index contributed by atoms with van der Waals surface area (Å²) < 4.78 is 12.5. The number of aliphatic hydroxyl groups excluding tert-OH is 1. The van der Waals surface area contributed by atoms with E-state index in [0.29, 0.717) is 5.56 Å². The van der Waals surface area contributed by atoms with Crippen molar-refractivity contribution in [2.45, 2.75) is 6.92 Å². The van der Waals surface area contributed by atoms with Gasteiger partial charge >= 0.3 is 0 Å². The average Bonchev–Trinajstić information content (AvgIpc) is 2.17. The van der Waals surface area contributed by atoms with Gasteiger partial charge in [0, 0.05) is 11.1 Å². The van der Waals surface area contributed by atoms with Crippen LogP contribution in [0.25, 0.3) is 0 Å². The number of benzene rings is 1. The lowest BCUT2D eigenvalue weighted by molar-refractivity contribution is 0.103. The summed E-state index contributed by atoms with van der Waals surface area (Å²) in [6.45, 7) is 1.49. The van der Waals surface area contributed by atoms with Gasteiger partial charge in [0.05, 0.1) is 6.26 Å². The molecule has 3 heteroatoms. The monoisotopic (exact) mass is 180 g/mol. The second-order valence-corrected chi connectivity index (χ2v) is 2.65. The van der Waals surface area contributed by atoms with Gasteiger partial charge in [0.1, 0.15) is 5.82 Å². The third kappa shape index (κ3) is 2.15. The van der Waals surface area contributed by atoms with Crippen molar-refractivity contribution in [3.8, 4) is 0 Å². The second kappa shape index (κ2) is 3.85. The maximum Gasteiger partial charge on any atom is 0.191 e. The van der Waals surface area contributed by atoms with Gasteiger partial charge in [-0.25, -0.2) is 4.39 Å². The van der Waals surface area contributed by atoms with Crippen molar-refractivity contribution in [3.05, 3.63) is 47.5 Å². The van der Waals surface area contributed by atoms with Crippen molar-refractivity contribution in [3.63, 3.8) is 0 Å². The first-order chi connectivity index (χ1) is 6.15. The Morgan fingerprint density at radius 2 is 1.92 bits per heavy atom. The van der Waals surface area contributed by atoms with E-state index < -0.39 is 0 Å². The first kappa shape index (κ1) is 9.45. The van der Waals surface area contributed by atoms with Gasteiger partial charge < -0.3 is 5.11 Å². The SMILES string of the molecule is C/C(=C\O)C(=O)c1ccc(F)cc1. The Bertz CT molecular complexity index is 338. The number of Topliss-reactive ketones (excluding diaryl/α,β-unsaturated/α-hetero) is 1. The molecule has 0 spiro atoms. The number of ketones is 1. The van der Waals surface area contributed by atoms with Crippen LogP contribution in [-0.4, -0.2) is 10.9 Å². The maximum absolute atomic E-state index is 12.5. The van der Waals surface area contributed by atoms with Crippen LogP contribution in [0.2, 0.25) is 0 Å². The summed E-state index contributed by atoms with van der Waals surface area (Å²) in [7, 11) is 0. The number of rotatable bonds is 2. The molecule has 0 aromatic heterocycles. The summed E-state index contributed by atoms with van der Waals surface area (Å²) in [6.07, 6.45) is 0.742. The molecule has 0 aliphatic rings. The summed E-state index contributed by atoms with van der Waals surface area (Å²) >= 11 is 0. The van der Waals surface area contributed by atoms with E-state index in [-0.39, 0.29) is 17.2 Å². The van der Waals surface area contributed by atoms with Gasteiger partial charge in [0.25, 0.3) is 0 Å². The van der Waals surface area contributed by atoms with Crippen LogP contribution in [0.15, 0.2) is 36.1 Å². The minimum absolute atomic E-state index is 0.228. The molecule has 0 aliphatic heterocycles. The van der Waals surface area contributed by atoms with E-state index in [1.165, 1.54) is 31.2 Å². The Kier molecular flexibility index (Phi) is 2.80. The first-order valence-corrected chi connectivity index (χ1v) is 3.76. The lowest BCUT2D eigenvalue weighted by atomic mass is 10.1. The Labute approximate surface area is 75.3 Å². The van der Waals surface area contributed by atoms with Gasteiger partial charge in [0.2, 0.25) is 0 Å². The van der Waals surface area contributed by atoms with Crippen molar-refractivity contribution < 1.29 is 14.3 Å². The molecule has 1 aromatic carbocycles. The molecule has 1 rings (SSSR count). The number of carbonyl (C=O) groups is 1. The Balaban J connectivity index is 2.97. The predicted molar refractivity (Wildman–Crippen MR) is 47.1 cm³/mol. The summed E-state index contributed by atoms with van der Waals surface area (Å²) in [6, 6.07) is 5.17. The molecule has 0 unspecified atom stereocenters. The molecule has 0 fully saturated rings. The van der Waals surface area contributed by atoms with Crippen LogP contribution in [0.5, 0.6) is 0 Å². The van der Waals surface area contributed by atoms with Crippen LogP contribution < -0.4 is 0 Å². The van der Waals surface area contributed by atoms with Gasteiger partial charge in [-0.05, 0) is 31.2 Å². The van der Waals surface area contributed by atoms with Gasteiger partial charge in [-0.3, -0.25) is 4.79 Å². The molecule has 1 N–H and O–H groups in total. The Morgan fingerprint density at radius 3 is 2.38 bits per heavy atom. The van der Waals surface area contributed by atoms with Crippen LogP contribution in [0, 0.1) is 5.82 Å². The number of allylic oxidation sites excluding steroid dienone is 1. The summed E-state index contributed by atoms with van der Waals surface area (Å²) in [5.74, 6) is -0.690. The quantitative estimate of drug-likeness (QED) is 0.431. The zero-order chi connectivity index (χ0) is 9.84. The smallest absolute Gasteiger partial charge is 0.191 e. The molecule has 0 saturated heterocycles. The van der Waals surface area contributed by atoms with Gasteiger partial charge in [0.15, 0.2) is 5.78 Å². The van der Waals surface area contributed by atoms with E-state index in [1.807, 2.05) is 0 Å². The molecule has 0 bridgehead atoms. The highest BCUT2D eigenvalue weighted by molar-refractivity contribution is 6.08. The van der Waals surface area contributed by atoms with Crippen molar-refractivity contribution in [2.75, 3.05) is 0 Å². The van der Waals surface area contributed by atoms with Crippen LogP contribution in [-0.2, 0) is 0 Å². The highest BCUT2D eigenvalue weighted by atomic mass is 19.1. The Hall–Kier alpha value is -1.64. The van der Waals surface area contributed by atoms with Gasteiger partial charge in [-0.2, -0.15) is 0 Å². The molecule has 0 atom stereocenters. The molecule has 0 radical (unpaired) electrons. The molecule has 0 amide bonds. The standard InChI is InChI=1S/C10H9FO2/c1-7(6-12)10(13)8-2-4-9(11)5-3-8/h2-6,12H,1H3/b7-6+. The number of aliphatic hydroxyl groups is 1.